The monoisotopic (exact) mass is 1840 g/mol. The van der Waals surface area contributed by atoms with Gasteiger partial charge in [-0.05, 0) is 172 Å². The lowest BCUT2D eigenvalue weighted by Crippen LogP contribution is -2.30. The third-order valence-electron chi connectivity index (χ3n) is 21.1. The predicted molar refractivity (Wildman–Crippen MR) is 498 cm³/mol. The average Bonchev–Trinajstić information content (AvgIpc) is 1.73. The van der Waals surface area contributed by atoms with Gasteiger partial charge in [0.25, 0.3) is 22.2 Å². The van der Waals surface area contributed by atoms with Gasteiger partial charge in [0.2, 0.25) is 0 Å². The normalized spacial score (nSPS) is 12.3. The standard InChI is InChI=1S/C24H19ClF2N8O.C22H20ClN9O.C22H19ClN8O.C22H17N9O/c1-10-16(27)8-30-9-17(10)35-23(34-20-15(26)6-5-14(25)18(20)24(35)36)19(12-3-4-12)33-22-13(7-28)21(29)31-11(2)32-22;1-10-7-17(25)27-9-16(10)32-21(31-15-6-4-5-14(23)18(15)22(32)33)11(2)28-20-13(8-24)19(26)29-12(3)30-20;1-11-17(8-5-9-26-11)31-21(30-16-7-4-6-15(23)18(16)22(31)32)12(2)27-20-14(10-24)19(25)28-13(3)29-20;1-12(27-20-16(10-24)19(25)28-13(2)29-20)21-30-17-7-3-5-14(9-23)18(17)22(32)31(21)15-6-4-8-26-11-15/h5-6,8-9,12,19H,3-4H2,1-2H3,(H3,29,31,32,33);4-7,9,11H,1-3H3,(H2,25,27)(H3,26,28,29,30);4-9,12H,1-3H3,(H3,25,27,28,29);3-8,11-12H,1-2H3,(H3,25,27,28,29)/t19-;11-;2*12-/m0000/s1. The van der Waals surface area contributed by atoms with Crippen LogP contribution < -0.4 is 72.2 Å². The third-order valence-corrected chi connectivity index (χ3v) is 22.0. The van der Waals surface area contributed by atoms with Crippen LogP contribution in [0.5, 0.6) is 0 Å². The molecule has 0 saturated heterocycles. The number of hydrogen-bond acceptors (Lipinski definition) is 34. The molecule has 14 N–H and O–H groups in total. The van der Waals surface area contributed by atoms with Crippen LogP contribution >= 0.6 is 34.8 Å². The van der Waals surface area contributed by atoms with E-state index in [1.807, 2.05) is 45.0 Å². The van der Waals surface area contributed by atoms with E-state index in [1.165, 1.54) is 49.8 Å². The van der Waals surface area contributed by atoms with Crippen molar-refractivity contribution in [2.75, 3.05) is 49.9 Å². The molecule has 38 nitrogen and oxygen atoms in total. The molecular formula is C90H75Cl3F2N34O4. The van der Waals surface area contributed by atoms with E-state index in [4.69, 9.17) is 73.4 Å². The average molecular weight is 1840 g/mol. The second-order valence-corrected chi connectivity index (χ2v) is 31.5. The molecule has 0 radical (unpaired) electrons. The first kappa shape index (κ1) is 91.9. The molecule has 1 saturated carbocycles. The van der Waals surface area contributed by atoms with Crippen LogP contribution in [0, 0.1) is 123 Å². The number of aryl methyl sites for hydroxylation is 6. The Morgan fingerprint density at radius 3 is 1.31 bits per heavy atom. The summed E-state index contributed by atoms with van der Waals surface area (Å²) in [7, 11) is 0. The lowest BCUT2D eigenvalue weighted by molar-refractivity contribution is 0.589. The van der Waals surface area contributed by atoms with Crippen molar-refractivity contribution >= 4 is 131 Å². The van der Waals surface area contributed by atoms with Crippen LogP contribution in [0.25, 0.3) is 66.4 Å². The van der Waals surface area contributed by atoms with Crippen molar-refractivity contribution in [2.45, 2.75) is 106 Å². The van der Waals surface area contributed by atoms with Crippen LogP contribution in [0.1, 0.15) is 149 Å². The summed E-state index contributed by atoms with van der Waals surface area (Å²) >= 11 is 19.0. The van der Waals surface area contributed by atoms with Crippen molar-refractivity contribution < 1.29 is 8.78 Å². The van der Waals surface area contributed by atoms with Crippen LogP contribution in [-0.4, -0.2) is 98.0 Å². The van der Waals surface area contributed by atoms with E-state index >= 15 is 0 Å². The Labute approximate surface area is 768 Å². The highest BCUT2D eigenvalue weighted by molar-refractivity contribution is 6.36. The van der Waals surface area contributed by atoms with Crippen molar-refractivity contribution in [1.29, 1.82) is 26.3 Å². The summed E-state index contributed by atoms with van der Waals surface area (Å²) < 4.78 is 34.9. The molecule has 0 aliphatic heterocycles. The predicted octanol–water partition coefficient (Wildman–Crippen LogP) is 13.0. The van der Waals surface area contributed by atoms with Crippen molar-refractivity contribution in [3.63, 3.8) is 0 Å². The summed E-state index contributed by atoms with van der Waals surface area (Å²) in [6.07, 6.45) is 10.2. The van der Waals surface area contributed by atoms with Crippen LogP contribution in [-0.2, 0) is 0 Å². The molecule has 12 aromatic heterocycles. The molecule has 664 valence electrons. The van der Waals surface area contributed by atoms with Gasteiger partial charge < -0.3 is 49.9 Å². The Balaban J connectivity index is 0.000000143. The number of nitrogens with two attached hydrogens (primary N) is 5. The van der Waals surface area contributed by atoms with Crippen molar-refractivity contribution in [3.8, 4) is 53.1 Å². The highest BCUT2D eigenvalue weighted by Gasteiger charge is 2.39. The zero-order chi connectivity index (χ0) is 95.4. The fourth-order valence-electron chi connectivity index (χ4n) is 14.7. The van der Waals surface area contributed by atoms with E-state index in [2.05, 4.69) is 97.1 Å². The number of fused-ring (bicyclic) bond motifs is 4. The number of rotatable bonds is 17. The van der Waals surface area contributed by atoms with Gasteiger partial charge >= 0.3 is 0 Å². The quantitative estimate of drug-likeness (QED) is 0.0409. The number of hydrogen-bond donors (Lipinski definition) is 9. The largest absolute Gasteiger partial charge is 0.384 e. The Bertz CT molecular complexity index is 7940. The number of nitrogen functional groups attached to an aromatic ring is 5. The Kier molecular flexibility index (Phi) is 26.5. The molecule has 0 unspecified atom stereocenters. The van der Waals surface area contributed by atoms with Gasteiger partial charge in [-0.1, -0.05) is 53.0 Å². The van der Waals surface area contributed by atoms with Gasteiger partial charge in [0.1, 0.15) is 145 Å². The molecular weight excluding hydrogens is 1770 g/mol. The number of nitriles is 5. The van der Waals surface area contributed by atoms with E-state index in [0.29, 0.717) is 96.3 Å². The second kappa shape index (κ2) is 38.3. The zero-order valence-corrected chi connectivity index (χ0v) is 74.4. The molecule has 4 atom stereocenters. The maximum atomic E-state index is 14.9. The molecule has 133 heavy (non-hydrogen) atoms. The van der Waals surface area contributed by atoms with Gasteiger partial charge in [0.05, 0.1) is 136 Å². The summed E-state index contributed by atoms with van der Waals surface area (Å²) in [5, 5.41) is 61.6. The van der Waals surface area contributed by atoms with Gasteiger partial charge in [-0.2, -0.15) is 26.3 Å². The number of nitrogens with one attached hydrogen (secondary N) is 4. The van der Waals surface area contributed by atoms with Gasteiger partial charge in [-0.25, -0.2) is 73.6 Å². The SMILES string of the molecule is Cc1nc(N)c(C#N)c(N[C@@H](C)c2nc3cccc(C#N)c3c(=O)n2-c2cccnc2)n1.Cc1nc(N)c(C#N)c(N[C@@H](C)c2nc3cccc(Cl)c3c(=O)n2-c2cccnc2C)n1.Cc1nc(N)c(C#N)c(N[C@@H](C)c2nc3cccc(Cl)c3c(=O)n2-c2cnc(N)cc2C)n1.Cc1nc(N)c(C#N)c(N[C@H](c2nc3c(F)ccc(Cl)c3c(=O)n2-c2cncc(F)c2C)C2CC2)n1. The number of benzene rings is 4. The van der Waals surface area contributed by atoms with E-state index in [-0.39, 0.29) is 140 Å². The minimum atomic E-state index is -0.733. The van der Waals surface area contributed by atoms with Crippen LogP contribution in [0.3, 0.4) is 0 Å². The molecule has 1 aliphatic rings. The first-order valence-corrected chi connectivity index (χ1v) is 41.5. The van der Waals surface area contributed by atoms with Crippen LogP contribution in [0.2, 0.25) is 15.1 Å². The molecule has 0 bridgehead atoms. The fourth-order valence-corrected chi connectivity index (χ4v) is 15.5. The van der Waals surface area contributed by atoms with E-state index < -0.39 is 46.9 Å². The molecule has 12 heterocycles. The van der Waals surface area contributed by atoms with Crippen LogP contribution in [0.4, 0.5) is 61.1 Å². The summed E-state index contributed by atoms with van der Waals surface area (Å²) in [5.74, 6) is 2.78. The summed E-state index contributed by atoms with van der Waals surface area (Å²) in [4.78, 5) is 123. The smallest absolute Gasteiger partial charge is 0.267 e. The van der Waals surface area contributed by atoms with Gasteiger partial charge in [0, 0.05) is 18.0 Å². The molecule has 43 heteroatoms. The Morgan fingerprint density at radius 1 is 0.414 bits per heavy atom. The highest BCUT2D eigenvalue weighted by atomic mass is 35.5. The fraction of sp³-hybridized carbons (Fsp3) is 0.189. The molecule has 0 spiro atoms. The molecule has 0 amide bonds. The van der Waals surface area contributed by atoms with E-state index in [1.54, 1.807) is 139 Å². The van der Waals surface area contributed by atoms with E-state index in [0.717, 1.165) is 30.7 Å². The maximum Gasteiger partial charge on any atom is 0.267 e. The lowest BCUT2D eigenvalue weighted by atomic mass is 10.1. The van der Waals surface area contributed by atoms with Gasteiger partial charge in [-0.15, -0.1) is 0 Å². The molecule has 1 fully saturated rings. The van der Waals surface area contributed by atoms with Crippen LogP contribution in [0.15, 0.2) is 153 Å². The summed E-state index contributed by atoms with van der Waals surface area (Å²) in [6, 6.07) is 33.8. The van der Waals surface area contributed by atoms with Crippen molar-refractivity contribution in [1.82, 2.24) is 98.0 Å². The molecule has 16 aromatic rings. The zero-order valence-electron chi connectivity index (χ0n) is 72.1. The number of nitrogens with zero attached hydrogens (tertiary/aromatic N) is 25. The minimum Gasteiger partial charge on any atom is -0.384 e. The molecule has 4 aromatic carbocycles. The number of anilines is 9. The maximum absolute atomic E-state index is 14.9. The molecule has 17 rings (SSSR count). The minimum absolute atomic E-state index is 0.00564. The lowest BCUT2D eigenvalue weighted by Gasteiger charge is -2.24. The topological polar surface area (TPSA) is 591 Å². The van der Waals surface area contributed by atoms with Crippen molar-refractivity contribution in [3.05, 3.63) is 294 Å². The number of halogens is 5. The molecule has 1 aliphatic carbocycles. The first-order valence-electron chi connectivity index (χ1n) is 40.3. The van der Waals surface area contributed by atoms with E-state index in [9.17, 15) is 54.3 Å². The van der Waals surface area contributed by atoms with Crippen molar-refractivity contribution in [2.24, 2.45) is 5.92 Å². The third kappa shape index (κ3) is 18.5. The second-order valence-electron chi connectivity index (χ2n) is 30.3. The van der Waals surface area contributed by atoms with Gasteiger partial charge in [-0.3, -0.25) is 52.4 Å². The highest BCUT2D eigenvalue weighted by Crippen LogP contribution is 2.44. The number of pyridine rings is 4. The summed E-state index contributed by atoms with van der Waals surface area (Å²) in [5.41, 5.74) is 32.6. The first-order chi connectivity index (χ1) is 63.7. The Hall–Kier alpha value is -17.3. The number of aromatic nitrogens is 20. The van der Waals surface area contributed by atoms with Gasteiger partial charge in [0.15, 0.2) is 23.3 Å². The summed E-state index contributed by atoms with van der Waals surface area (Å²) in [6.45, 7) is 17.2. The Morgan fingerprint density at radius 2 is 0.850 bits per heavy atom.